The molecule has 1 heterocycles. The second-order valence-electron chi connectivity index (χ2n) is 5.87. The van der Waals surface area contributed by atoms with Gasteiger partial charge in [0.2, 0.25) is 11.8 Å². The average Bonchev–Trinajstić information content (AvgIpc) is 2.61. The number of nitrogens with two attached hydrogens (primary N) is 1. The SMILES string of the molecule is COc1cc(C#N)c(NC(=O)CN2CCC(C(N)=O)CC2)cc1OC. The number of benzene rings is 1. The van der Waals surface area contributed by atoms with Gasteiger partial charge in [0.1, 0.15) is 6.07 Å². The molecule has 0 saturated carbocycles. The zero-order chi connectivity index (χ0) is 18.4. The molecule has 2 amide bonds. The van der Waals surface area contributed by atoms with Gasteiger partial charge >= 0.3 is 0 Å². The van der Waals surface area contributed by atoms with Gasteiger partial charge in [-0.3, -0.25) is 14.5 Å². The maximum Gasteiger partial charge on any atom is 0.238 e. The number of amides is 2. The maximum atomic E-state index is 12.3. The monoisotopic (exact) mass is 346 g/mol. The van der Waals surface area contributed by atoms with Gasteiger partial charge in [-0.25, -0.2) is 0 Å². The highest BCUT2D eigenvalue weighted by Crippen LogP contribution is 2.33. The van der Waals surface area contributed by atoms with Crippen molar-refractivity contribution in [3.63, 3.8) is 0 Å². The first kappa shape index (κ1) is 18.5. The fraction of sp³-hybridized carbons (Fsp3) is 0.471. The molecule has 1 aliphatic rings. The Morgan fingerprint density at radius 3 is 2.40 bits per heavy atom. The topological polar surface area (TPSA) is 118 Å². The zero-order valence-electron chi connectivity index (χ0n) is 14.4. The molecule has 1 aromatic carbocycles. The van der Waals surface area contributed by atoms with Gasteiger partial charge in [-0.1, -0.05) is 0 Å². The van der Waals surface area contributed by atoms with Crippen LogP contribution in [0.3, 0.4) is 0 Å². The second-order valence-corrected chi connectivity index (χ2v) is 5.87. The third-order valence-corrected chi connectivity index (χ3v) is 4.28. The van der Waals surface area contributed by atoms with Gasteiger partial charge < -0.3 is 20.5 Å². The molecule has 0 unspecified atom stereocenters. The van der Waals surface area contributed by atoms with Crippen LogP contribution >= 0.6 is 0 Å². The van der Waals surface area contributed by atoms with Crippen LogP contribution in [-0.2, 0) is 9.59 Å². The van der Waals surface area contributed by atoms with Crippen molar-refractivity contribution in [2.24, 2.45) is 11.7 Å². The molecule has 25 heavy (non-hydrogen) atoms. The van der Waals surface area contributed by atoms with Crippen molar-refractivity contribution in [1.29, 1.82) is 5.26 Å². The normalized spacial score (nSPS) is 15.2. The van der Waals surface area contributed by atoms with E-state index in [2.05, 4.69) is 5.32 Å². The van der Waals surface area contributed by atoms with Crippen molar-refractivity contribution in [3.8, 4) is 17.6 Å². The van der Waals surface area contributed by atoms with Crippen LogP contribution in [-0.4, -0.2) is 50.6 Å². The highest BCUT2D eigenvalue weighted by atomic mass is 16.5. The van der Waals surface area contributed by atoms with Crippen molar-refractivity contribution in [2.45, 2.75) is 12.8 Å². The van der Waals surface area contributed by atoms with E-state index in [1.807, 2.05) is 11.0 Å². The molecule has 0 bridgehead atoms. The van der Waals surface area contributed by atoms with E-state index in [1.165, 1.54) is 20.3 Å². The Morgan fingerprint density at radius 1 is 1.28 bits per heavy atom. The minimum atomic E-state index is -0.284. The molecule has 0 aromatic heterocycles. The lowest BCUT2D eigenvalue weighted by Crippen LogP contribution is -2.42. The van der Waals surface area contributed by atoms with E-state index in [0.717, 1.165) is 0 Å². The summed E-state index contributed by atoms with van der Waals surface area (Å²) in [5, 5.41) is 12.0. The summed E-state index contributed by atoms with van der Waals surface area (Å²) in [6.45, 7) is 1.46. The Kier molecular flexibility index (Phi) is 6.19. The van der Waals surface area contributed by atoms with Crippen molar-refractivity contribution < 1.29 is 19.1 Å². The number of carbonyl (C=O) groups excluding carboxylic acids is 2. The molecule has 1 aliphatic heterocycles. The number of methoxy groups -OCH3 is 2. The molecule has 0 aliphatic carbocycles. The van der Waals surface area contributed by atoms with Crippen LogP contribution in [0.1, 0.15) is 18.4 Å². The van der Waals surface area contributed by atoms with Crippen LogP contribution < -0.4 is 20.5 Å². The third-order valence-electron chi connectivity index (χ3n) is 4.28. The maximum absolute atomic E-state index is 12.3. The Hall–Kier alpha value is -2.79. The predicted molar refractivity (Wildman–Crippen MR) is 91.2 cm³/mol. The van der Waals surface area contributed by atoms with Crippen LogP contribution in [0.4, 0.5) is 5.69 Å². The van der Waals surface area contributed by atoms with E-state index in [0.29, 0.717) is 48.7 Å². The molecule has 1 saturated heterocycles. The van der Waals surface area contributed by atoms with Crippen LogP contribution in [0.5, 0.6) is 11.5 Å². The quantitative estimate of drug-likeness (QED) is 0.783. The lowest BCUT2D eigenvalue weighted by atomic mass is 9.96. The van der Waals surface area contributed by atoms with E-state index in [-0.39, 0.29) is 24.3 Å². The molecule has 0 radical (unpaired) electrons. The molecule has 3 N–H and O–H groups in total. The Balaban J connectivity index is 2.01. The lowest BCUT2D eigenvalue weighted by molar-refractivity contribution is -0.123. The standard InChI is InChI=1S/C17H22N4O4/c1-24-14-7-12(9-18)13(8-15(14)25-2)20-16(22)10-21-5-3-11(4-6-21)17(19)23/h7-8,11H,3-6,10H2,1-2H3,(H2,19,23)(H,20,22). The Morgan fingerprint density at radius 2 is 1.88 bits per heavy atom. The molecular formula is C17H22N4O4. The minimum Gasteiger partial charge on any atom is -0.493 e. The number of nitrogens with zero attached hydrogens (tertiary/aromatic N) is 2. The van der Waals surface area contributed by atoms with Crippen molar-refractivity contribution in [2.75, 3.05) is 39.2 Å². The third kappa shape index (κ3) is 4.61. The van der Waals surface area contributed by atoms with Gasteiger partial charge in [-0.05, 0) is 25.9 Å². The molecule has 8 heteroatoms. The lowest BCUT2D eigenvalue weighted by Gasteiger charge is -2.29. The van der Waals surface area contributed by atoms with E-state index < -0.39 is 0 Å². The summed E-state index contributed by atoms with van der Waals surface area (Å²) < 4.78 is 10.4. The Labute approximate surface area is 146 Å². The van der Waals surface area contributed by atoms with Gasteiger partial charge in [0.15, 0.2) is 11.5 Å². The smallest absolute Gasteiger partial charge is 0.238 e. The largest absolute Gasteiger partial charge is 0.493 e. The fourth-order valence-corrected chi connectivity index (χ4v) is 2.84. The van der Waals surface area contributed by atoms with Gasteiger partial charge in [-0.2, -0.15) is 5.26 Å². The van der Waals surface area contributed by atoms with E-state index in [4.69, 9.17) is 15.2 Å². The fourth-order valence-electron chi connectivity index (χ4n) is 2.84. The molecule has 134 valence electrons. The molecule has 8 nitrogen and oxygen atoms in total. The second kappa shape index (κ2) is 8.35. The summed E-state index contributed by atoms with van der Waals surface area (Å²) in [7, 11) is 2.96. The number of anilines is 1. The number of nitrogens with one attached hydrogen (secondary N) is 1. The predicted octanol–water partition coefficient (Wildman–Crippen LogP) is 0.711. The minimum absolute atomic E-state index is 0.115. The van der Waals surface area contributed by atoms with E-state index in [1.54, 1.807) is 6.07 Å². The highest BCUT2D eigenvalue weighted by Gasteiger charge is 2.24. The summed E-state index contributed by atoms with van der Waals surface area (Å²) in [4.78, 5) is 25.4. The molecule has 1 aromatic rings. The number of hydrogen-bond donors (Lipinski definition) is 2. The van der Waals surface area contributed by atoms with Gasteiger partial charge in [0, 0.05) is 18.1 Å². The molecule has 0 spiro atoms. The van der Waals surface area contributed by atoms with Gasteiger partial charge in [-0.15, -0.1) is 0 Å². The Bertz CT molecular complexity index is 691. The van der Waals surface area contributed by atoms with E-state index >= 15 is 0 Å². The highest BCUT2D eigenvalue weighted by molar-refractivity contribution is 5.94. The summed E-state index contributed by atoms with van der Waals surface area (Å²) in [6, 6.07) is 5.12. The van der Waals surface area contributed by atoms with Crippen molar-refractivity contribution in [1.82, 2.24) is 4.90 Å². The molecular weight excluding hydrogens is 324 g/mol. The van der Waals surface area contributed by atoms with E-state index in [9.17, 15) is 14.9 Å². The van der Waals surface area contributed by atoms with Crippen molar-refractivity contribution >= 4 is 17.5 Å². The number of nitriles is 1. The summed E-state index contributed by atoms with van der Waals surface area (Å²) in [5.41, 5.74) is 5.97. The van der Waals surface area contributed by atoms with Crippen LogP contribution in [0, 0.1) is 17.2 Å². The van der Waals surface area contributed by atoms with Crippen molar-refractivity contribution in [3.05, 3.63) is 17.7 Å². The summed E-state index contributed by atoms with van der Waals surface area (Å²) >= 11 is 0. The average molecular weight is 346 g/mol. The van der Waals surface area contributed by atoms with Crippen LogP contribution in [0.15, 0.2) is 12.1 Å². The first-order chi connectivity index (χ1) is 12.0. The van der Waals surface area contributed by atoms with Crippen LogP contribution in [0.2, 0.25) is 0 Å². The summed E-state index contributed by atoms with van der Waals surface area (Å²) in [5.74, 6) is 0.217. The van der Waals surface area contributed by atoms with Gasteiger partial charge in [0.05, 0.1) is 32.0 Å². The molecule has 1 fully saturated rings. The number of ether oxygens (including phenoxy) is 2. The molecule has 0 atom stereocenters. The molecule has 2 rings (SSSR count). The zero-order valence-corrected chi connectivity index (χ0v) is 14.4. The number of hydrogen-bond acceptors (Lipinski definition) is 6. The first-order valence-electron chi connectivity index (χ1n) is 7.96. The number of piperidine rings is 1. The number of primary amides is 1. The first-order valence-corrected chi connectivity index (χ1v) is 7.96. The number of likely N-dealkylation sites (tertiary alicyclic amines) is 1. The van der Waals surface area contributed by atoms with Crippen LogP contribution in [0.25, 0.3) is 0 Å². The van der Waals surface area contributed by atoms with Gasteiger partial charge in [0.25, 0.3) is 0 Å². The summed E-state index contributed by atoms with van der Waals surface area (Å²) in [6.07, 6.45) is 1.31. The number of carbonyl (C=O) groups is 2. The number of rotatable bonds is 6.